The lowest BCUT2D eigenvalue weighted by Crippen LogP contribution is -2.28. The zero-order chi connectivity index (χ0) is 44.3. The van der Waals surface area contributed by atoms with Gasteiger partial charge in [0.2, 0.25) is 0 Å². The summed E-state index contributed by atoms with van der Waals surface area (Å²) in [6, 6.07) is 95.0. The molecule has 0 N–H and O–H groups in total. The van der Waals surface area contributed by atoms with E-state index in [9.17, 15) is 0 Å². The van der Waals surface area contributed by atoms with E-state index in [1.165, 1.54) is 60.8 Å². The monoisotopic (exact) mass is 853 g/mol. The maximum Gasteiger partial charge on any atom is 0.143 e. The first-order valence-electron chi connectivity index (χ1n) is 23.1. The van der Waals surface area contributed by atoms with Crippen LogP contribution >= 0.6 is 0 Å². The van der Waals surface area contributed by atoms with E-state index in [0.29, 0.717) is 0 Å². The Kier molecular flexibility index (Phi) is 9.11. The van der Waals surface area contributed by atoms with E-state index >= 15 is 0 Å². The molecule has 0 unspecified atom stereocenters. The van der Waals surface area contributed by atoms with E-state index < -0.39 is 5.41 Å². The van der Waals surface area contributed by atoms with Gasteiger partial charge in [-0.1, -0.05) is 224 Å². The van der Waals surface area contributed by atoms with Crippen molar-refractivity contribution >= 4 is 49.8 Å². The Morgan fingerprint density at radius 3 is 1.61 bits per heavy atom. The molecule has 1 aliphatic rings. The zero-order valence-electron chi connectivity index (χ0n) is 36.7. The van der Waals surface area contributed by atoms with Gasteiger partial charge in [0.1, 0.15) is 11.2 Å². The van der Waals surface area contributed by atoms with Crippen LogP contribution in [0.4, 0.5) is 17.1 Å². The lowest BCUT2D eigenvalue weighted by atomic mass is 9.68. The number of nitrogens with zero attached hydrogens (tertiary/aromatic N) is 1. The number of furan rings is 1. The fourth-order valence-electron chi connectivity index (χ4n) is 11.0. The molecule has 0 radical (unpaired) electrons. The van der Waals surface area contributed by atoms with Crippen LogP contribution in [0.2, 0.25) is 0 Å². The first kappa shape index (κ1) is 38.7. The highest BCUT2D eigenvalue weighted by molar-refractivity contribution is 6.11. The van der Waals surface area contributed by atoms with Crippen molar-refractivity contribution in [3.05, 3.63) is 283 Å². The zero-order valence-corrected chi connectivity index (χ0v) is 36.7. The summed E-state index contributed by atoms with van der Waals surface area (Å²) in [6.07, 6.45) is 0. The Bertz CT molecular complexity index is 3750. The van der Waals surface area contributed by atoms with Gasteiger partial charge in [0, 0.05) is 33.2 Å². The molecule has 2 heteroatoms. The Balaban J connectivity index is 1.01. The van der Waals surface area contributed by atoms with Crippen molar-refractivity contribution in [3.8, 4) is 44.5 Å². The summed E-state index contributed by atoms with van der Waals surface area (Å²) in [5.74, 6) is 0. The number of rotatable bonds is 8. The van der Waals surface area contributed by atoms with E-state index in [1.807, 2.05) is 6.07 Å². The third-order valence-electron chi connectivity index (χ3n) is 14.0. The third kappa shape index (κ3) is 6.18. The second-order valence-electron chi connectivity index (χ2n) is 17.5. The summed E-state index contributed by atoms with van der Waals surface area (Å²) in [6.45, 7) is 0. The molecule has 0 spiro atoms. The molecule has 0 atom stereocenters. The molecule has 0 fully saturated rings. The van der Waals surface area contributed by atoms with Gasteiger partial charge in [0.05, 0.1) is 16.8 Å². The van der Waals surface area contributed by atoms with Gasteiger partial charge in [-0.2, -0.15) is 0 Å². The van der Waals surface area contributed by atoms with Crippen LogP contribution in [-0.4, -0.2) is 0 Å². The maximum absolute atomic E-state index is 6.73. The highest BCUT2D eigenvalue weighted by Crippen LogP contribution is 2.60. The van der Waals surface area contributed by atoms with E-state index in [2.05, 4.69) is 260 Å². The molecule has 11 aromatic carbocycles. The van der Waals surface area contributed by atoms with Crippen LogP contribution < -0.4 is 4.90 Å². The van der Waals surface area contributed by atoms with Gasteiger partial charge in [-0.15, -0.1) is 0 Å². The maximum atomic E-state index is 6.73. The van der Waals surface area contributed by atoms with Crippen LogP contribution in [0.3, 0.4) is 0 Å². The van der Waals surface area contributed by atoms with Gasteiger partial charge in [0.15, 0.2) is 0 Å². The minimum absolute atomic E-state index is 0.543. The highest BCUT2D eigenvalue weighted by atomic mass is 16.3. The van der Waals surface area contributed by atoms with Crippen molar-refractivity contribution < 1.29 is 4.42 Å². The van der Waals surface area contributed by atoms with Crippen molar-refractivity contribution in [1.29, 1.82) is 0 Å². The number of anilines is 3. The average molecular weight is 854 g/mol. The molecule has 0 amide bonds. The van der Waals surface area contributed by atoms with Crippen LogP contribution in [0, 0.1) is 0 Å². The number of benzene rings is 11. The predicted molar refractivity (Wildman–Crippen MR) is 280 cm³/mol. The number of hydrogen-bond donors (Lipinski definition) is 0. The summed E-state index contributed by atoms with van der Waals surface area (Å²) in [5.41, 5.74) is 18.8. The average Bonchev–Trinajstić information content (AvgIpc) is 3.94. The normalized spacial score (nSPS) is 12.6. The van der Waals surface area contributed by atoms with Gasteiger partial charge in [-0.3, -0.25) is 0 Å². The Morgan fingerprint density at radius 1 is 0.328 bits per heavy atom. The molecule has 1 heterocycles. The Hall–Kier alpha value is -8.72. The number of fused-ring (bicyclic) bond motifs is 7. The second-order valence-corrected chi connectivity index (χ2v) is 17.5. The molecule has 2 nitrogen and oxygen atoms in total. The molecular weight excluding hydrogens is 811 g/mol. The fourth-order valence-corrected chi connectivity index (χ4v) is 11.0. The summed E-state index contributed by atoms with van der Waals surface area (Å²) in [5, 5.41) is 4.72. The van der Waals surface area contributed by atoms with Crippen LogP contribution in [0.25, 0.3) is 77.2 Å². The first-order chi connectivity index (χ1) is 33.2. The molecule has 1 aliphatic carbocycles. The van der Waals surface area contributed by atoms with Crippen LogP contribution in [0.5, 0.6) is 0 Å². The van der Waals surface area contributed by atoms with E-state index in [1.54, 1.807) is 0 Å². The number of para-hydroxylation sites is 3. The van der Waals surface area contributed by atoms with Crippen LogP contribution in [0.1, 0.15) is 22.3 Å². The predicted octanol–water partition coefficient (Wildman–Crippen LogP) is 17.6. The topological polar surface area (TPSA) is 16.4 Å². The smallest absolute Gasteiger partial charge is 0.143 e. The fraction of sp³-hybridized carbons (Fsp3) is 0.0154. The van der Waals surface area contributed by atoms with Crippen molar-refractivity contribution in [3.63, 3.8) is 0 Å². The van der Waals surface area contributed by atoms with Crippen molar-refractivity contribution in [2.24, 2.45) is 0 Å². The van der Waals surface area contributed by atoms with Gasteiger partial charge in [0.25, 0.3) is 0 Å². The molecule has 12 aromatic rings. The van der Waals surface area contributed by atoms with Gasteiger partial charge in [-0.05, 0) is 97.2 Å². The summed E-state index contributed by atoms with van der Waals surface area (Å²) in [4.78, 5) is 2.48. The van der Waals surface area contributed by atoms with Crippen molar-refractivity contribution in [1.82, 2.24) is 0 Å². The van der Waals surface area contributed by atoms with Crippen LogP contribution in [0.15, 0.2) is 265 Å². The first-order valence-corrected chi connectivity index (χ1v) is 23.1. The quantitative estimate of drug-likeness (QED) is 0.151. The molecular formula is C65H43NO. The molecule has 0 bridgehead atoms. The highest BCUT2D eigenvalue weighted by Gasteiger charge is 2.47. The summed E-state index contributed by atoms with van der Waals surface area (Å²) >= 11 is 0. The lowest BCUT2D eigenvalue weighted by molar-refractivity contribution is 0.670. The Morgan fingerprint density at radius 2 is 0.851 bits per heavy atom. The molecule has 314 valence electrons. The Labute approximate surface area is 390 Å². The largest absolute Gasteiger partial charge is 0.455 e. The van der Waals surface area contributed by atoms with Gasteiger partial charge in [-0.25, -0.2) is 0 Å². The van der Waals surface area contributed by atoms with Crippen molar-refractivity contribution in [2.75, 3.05) is 4.90 Å². The van der Waals surface area contributed by atoms with E-state index in [0.717, 1.165) is 55.7 Å². The van der Waals surface area contributed by atoms with Gasteiger partial charge >= 0.3 is 0 Å². The van der Waals surface area contributed by atoms with E-state index in [-0.39, 0.29) is 0 Å². The van der Waals surface area contributed by atoms with E-state index in [4.69, 9.17) is 4.42 Å². The molecule has 0 saturated heterocycles. The molecule has 67 heavy (non-hydrogen) atoms. The number of hydrogen-bond acceptors (Lipinski definition) is 2. The standard InChI is InChI=1S/C65H43NO/c1-3-19-50(20-4-1)65(51-21-5-2-6-22-51)58-28-12-9-25-57(58)63-59(65)29-16-31-61(63)66(60-30-13-10-23-53(60)55-26-15-27-56-54-24-11-14-32-62(54)67-64(55)56)52-41-39-46(40-42-52)45-33-35-47(36-34-45)49-38-37-44-17-7-8-18-48(44)43-49/h1-43H. The minimum Gasteiger partial charge on any atom is -0.455 e. The summed E-state index contributed by atoms with van der Waals surface area (Å²) < 4.78 is 6.73. The molecule has 13 rings (SSSR count). The SMILES string of the molecule is c1ccc(C2(c3ccccc3)c3ccccc3-c3c(N(c4ccc(-c5ccc(-c6ccc7ccccc7c6)cc5)cc4)c4ccccc4-c4cccc5c4oc4ccccc45)cccc32)cc1. The van der Waals surface area contributed by atoms with Crippen molar-refractivity contribution in [2.45, 2.75) is 5.41 Å². The van der Waals surface area contributed by atoms with Gasteiger partial charge < -0.3 is 9.32 Å². The molecule has 0 saturated carbocycles. The lowest BCUT2D eigenvalue weighted by Gasteiger charge is -2.34. The molecule has 1 aromatic heterocycles. The molecule has 0 aliphatic heterocycles. The van der Waals surface area contributed by atoms with Crippen LogP contribution in [-0.2, 0) is 5.41 Å². The third-order valence-corrected chi connectivity index (χ3v) is 14.0. The second kappa shape index (κ2) is 15.8. The summed E-state index contributed by atoms with van der Waals surface area (Å²) in [7, 11) is 0. The minimum atomic E-state index is -0.543.